The molecule has 4 nitrogen and oxygen atoms in total. The quantitative estimate of drug-likeness (QED) is 0.915. The largest absolute Gasteiger partial charge is 0.325 e. The van der Waals surface area contributed by atoms with Crippen LogP contribution in [0.2, 0.25) is 0 Å². The standard InChI is InChI=1S/C13H12FNO3S/c1-8-7-9(2)15-13(16)12(8)19(17,18)11-6-4-3-5-10(11)14/h3-7H,1-2H3,(H,15,16). The maximum atomic E-state index is 13.6. The summed E-state index contributed by atoms with van der Waals surface area (Å²) in [5, 5.41) is 0. The highest BCUT2D eigenvalue weighted by Crippen LogP contribution is 2.23. The maximum absolute atomic E-state index is 13.6. The van der Waals surface area contributed by atoms with Crippen molar-refractivity contribution in [2.45, 2.75) is 23.6 Å². The van der Waals surface area contributed by atoms with E-state index < -0.39 is 31.0 Å². The Kier molecular flexibility index (Phi) is 3.28. The molecule has 0 radical (unpaired) electrons. The van der Waals surface area contributed by atoms with Gasteiger partial charge in [-0.3, -0.25) is 4.79 Å². The highest BCUT2D eigenvalue weighted by molar-refractivity contribution is 7.91. The fourth-order valence-electron chi connectivity index (χ4n) is 1.95. The fourth-order valence-corrected chi connectivity index (χ4v) is 3.53. The van der Waals surface area contributed by atoms with Crippen molar-refractivity contribution in [3.05, 3.63) is 57.8 Å². The molecule has 0 atom stereocenters. The van der Waals surface area contributed by atoms with Gasteiger partial charge < -0.3 is 4.98 Å². The third kappa shape index (κ3) is 2.31. The molecule has 0 aliphatic rings. The molecule has 0 fully saturated rings. The number of H-pyrrole nitrogens is 1. The van der Waals surface area contributed by atoms with Gasteiger partial charge in [-0.15, -0.1) is 0 Å². The van der Waals surface area contributed by atoms with Crippen molar-refractivity contribution in [2.75, 3.05) is 0 Å². The van der Waals surface area contributed by atoms with Gasteiger partial charge in [0.25, 0.3) is 5.56 Å². The molecule has 1 N–H and O–H groups in total. The van der Waals surface area contributed by atoms with E-state index in [-0.39, 0.29) is 0 Å². The molecule has 0 amide bonds. The molecular formula is C13H12FNO3S. The molecule has 1 aromatic carbocycles. The van der Waals surface area contributed by atoms with Gasteiger partial charge in [0.15, 0.2) is 0 Å². The second-order valence-corrected chi connectivity index (χ2v) is 6.08. The normalized spacial score (nSPS) is 11.5. The Morgan fingerprint density at radius 1 is 1.16 bits per heavy atom. The van der Waals surface area contributed by atoms with Crippen LogP contribution in [-0.2, 0) is 9.84 Å². The van der Waals surface area contributed by atoms with Gasteiger partial charge in [0.2, 0.25) is 9.84 Å². The van der Waals surface area contributed by atoms with Crippen molar-refractivity contribution in [3.8, 4) is 0 Å². The average Bonchev–Trinajstić information content (AvgIpc) is 2.27. The van der Waals surface area contributed by atoms with Crippen LogP contribution in [0.3, 0.4) is 0 Å². The molecule has 0 aliphatic carbocycles. The number of halogens is 1. The summed E-state index contributed by atoms with van der Waals surface area (Å²) >= 11 is 0. The van der Waals surface area contributed by atoms with Crippen LogP contribution in [0, 0.1) is 19.7 Å². The summed E-state index contributed by atoms with van der Waals surface area (Å²) in [6.45, 7) is 3.16. The first-order valence-corrected chi connectivity index (χ1v) is 7.02. The summed E-state index contributed by atoms with van der Waals surface area (Å²) in [6.07, 6.45) is 0. The third-order valence-corrected chi connectivity index (χ3v) is 4.66. The lowest BCUT2D eigenvalue weighted by atomic mass is 10.2. The smallest absolute Gasteiger partial charge is 0.267 e. The van der Waals surface area contributed by atoms with Crippen LogP contribution in [-0.4, -0.2) is 13.4 Å². The topological polar surface area (TPSA) is 67.0 Å². The summed E-state index contributed by atoms with van der Waals surface area (Å²) < 4.78 is 38.3. The predicted molar refractivity (Wildman–Crippen MR) is 68.4 cm³/mol. The highest BCUT2D eigenvalue weighted by atomic mass is 32.2. The molecule has 0 bridgehead atoms. The van der Waals surface area contributed by atoms with Gasteiger partial charge in [-0.05, 0) is 37.6 Å². The number of hydrogen-bond donors (Lipinski definition) is 1. The summed E-state index contributed by atoms with van der Waals surface area (Å²) in [5.41, 5.74) is 0.111. The number of aromatic amines is 1. The van der Waals surface area contributed by atoms with E-state index in [0.717, 1.165) is 12.1 Å². The average molecular weight is 281 g/mol. The van der Waals surface area contributed by atoms with E-state index in [1.54, 1.807) is 6.92 Å². The minimum Gasteiger partial charge on any atom is -0.325 e. The van der Waals surface area contributed by atoms with Gasteiger partial charge in [0.05, 0.1) is 0 Å². The maximum Gasteiger partial charge on any atom is 0.267 e. The molecule has 2 aromatic rings. The lowest BCUT2D eigenvalue weighted by molar-refractivity contribution is 0.565. The molecule has 0 spiro atoms. The Balaban J connectivity index is 2.79. The predicted octanol–water partition coefficient (Wildman–Crippen LogP) is 1.96. The van der Waals surface area contributed by atoms with Crippen LogP contribution in [0.5, 0.6) is 0 Å². The first-order valence-electron chi connectivity index (χ1n) is 5.54. The Morgan fingerprint density at radius 3 is 2.37 bits per heavy atom. The molecule has 1 heterocycles. The van der Waals surface area contributed by atoms with Crippen molar-refractivity contribution < 1.29 is 12.8 Å². The number of benzene rings is 1. The van der Waals surface area contributed by atoms with Crippen LogP contribution in [0.1, 0.15) is 11.3 Å². The summed E-state index contributed by atoms with van der Waals surface area (Å²) in [5.74, 6) is -0.873. The first kappa shape index (κ1) is 13.5. The first-order chi connectivity index (χ1) is 8.84. The fraction of sp³-hybridized carbons (Fsp3) is 0.154. The van der Waals surface area contributed by atoms with Crippen molar-refractivity contribution in [1.29, 1.82) is 0 Å². The molecule has 0 aliphatic heterocycles. The van der Waals surface area contributed by atoms with Gasteiger partial charge in [-0.2, -0.15) is 0 Å². The van der Waals surface area contributed by atoms with Crippen molar-refractivity contribution in [2.24, 2.45) is 0 Å². The van der Waals surface area contributed by atoms with E-state index in [1.807, 2.05) is 0 Å². The van der Waals surface area contributed by atoms with Crippen molar-refractivity contribution >= 4 is 9.84 Å². The number of rotatable bonds is 2. The summed E-state index contributed by atoms with van der Waals surface area (Å²) in [6, 6.07) is 6.53. The van der Waals surface area contributed by atoms with E-state index in [4.69, 9.17) is 0 Å². The molecule has 0 saturated carbocycles. The number of sulfone groups is 1. The second-order valence-electron chi connectivity index (χ2n) is 4.23. The number of aryl methyl sites for hydroxylation is 2. The Hall–Kier alpha value is -1.95. The van der Waals surface area contributed by atoms with Crippen LogP contribution < -0.4 is 5.56 Å². The van der Waals surface area contributed by atoms with E-state index in [2.05, 4.69) is 4.98 Å². The second kappa shape index (κ2) is 4.62. The molecular weight excluding hydrogens is 269 g/mol. The lowest BCUT2D eigenvalue weighted by Crippen LogP contribution is -2.21. The van der Waals surface area contributed by atoms with Crippen LogP contribution in [0.4, 0.5) is 4.39 Å². The Labute approximate surface area is 109 Å². The lowest BCUT2D eigenvalue weighted by Gasteiger charge is -2.08. The van der Waals surface area contributed by atoms with Gasteiger partial charge in [-0.1, -0.05) is 12.1 Å². The van der Waals surface area contributed by atoms with Gasteiger partial charge >= 0.3 is 0 Å². The van der Waals surface area contributed by atoms with E-state index in [1.165, 1.54) is 25.1 Å². The van der Waals surface area contributed by atoms with Crippen LogP contribution >= 0.6 is 0 Å². The monoisotopic (exact) mass is 281 g/mol. The molecule has 2 rings (SSSR count). The van der Waals surface area contributed by atoms with E-state index in [9.17, 15) is 17.6 Å². The summed E-state index contributed by atoms with van der Waals surface area (Å²) in [7, 11) is -4.17. The molecule has 6 heteroatoms. The number of aromatic nitrogens is 1. The molecule has 0 saturated heterocycles. The zero-order valence-corrected chi connectivity index (χ0v) is 11.2. The van der Waals surface area contributed by atoms with Crippen LogP contribution in [0.15, 0.2) is 44.9 Å². The Bertz CT molecular complexity index is 794. The summed E-state index contributed by atoms with van der Waals surface area (Å²) in [4.78, 5) is 13.3. The molecule has 19 heavy (non-hydrogen) atoms. The molecule has 0 unspecified atom stereocenters. The zero-order chi connectivity index (χ0) is 14.2. The number of nitrogens with one attached hydrogen (secondary N) is 1. The van der Waals surface area contributed by atoms with Crippen molar-refractivity contribution in [3.63, 3.8) is 0 Å². The number of hydrogen-bond acceptors (Lipinski definition) is 3. The van der Waals surface area contributed by atoms with Gasteiger partial charge in [-0.25, -0.2) is 12.8 Å². The third-order valence-electron chi connectivity index (χ3n) is 2.70. The van der Waals surface area contributed by atoms with E-state index >= 15 is 0 Å². The minimum atomic E-state index is -4.17. The van der Waals surface area contributed by atoms with Crippen molar-refractivity contribution in [1.82, 2.24) is 4.98 Å². The number of pyridine rings is 1. The zero-order valence-electron chi connectivity index (χ0n) is 10.4. The Morgan fingerprint density at radius 2 is 1.79 bits per heavy atom. The highest BCUT2D eigenvalue weighted by Gasteiger charge is 2.26. The SMILES string of the molecule is Cc1cc(C)c(S(=O)(=O)c2ccccc2F)c(=O)[nH]1. The minimum absolute atomic E-state index is 0.296. The molecule has 100 valence electrons. The van der Waals surface area contributed by atoms with Gasteiger partial charge in [0.1, 0.15) is 15.6 Å². The van der Waals surface area contributed by atoms with Crippen LogP contribution in [0.25, 0.3) is 0 Å². The molecule has 1 aromatic heterocycles. The van der Waals surface area contributed by atoms with Gasteiger partial charge in [0, 0.05) is 5.69 Å². The van der Waals surface area contributed by atoms with E-state index in [0.29, 0.717) is 11.3 Å².